The zero-order valence-corrected chi connectivity index (χ0v) is 17.2. The molecule has 156 valence electrons. The third kappa shape index (κ3) is 6.05. The maximum atomic E-state index is 11.8. The maximum Gasteiger partial charge on any atom is 0.251 e. The van der Waals surface area contributed by atoms with E-state index in [0.29, 0.717) is 12.1 Å². The highest BCUT2D eigenvalue weighted by molar-refractivity contribution is 5.94. The van der Waals surface area contributed by atoms with Crippen LogP contribution in [-0.2, 0) is 13.0 Å². The number of nitrogens with one attached hydrogen (secondary N) is 2. The average Bonchev–Trinajstić information content (AvgIpc) is 3.26. The fourth-order valence-electron chi connectivity index (χ4n) is 3.40. The van der Waals surface area contributed by atoms with Crippen molar-refractivity contribution in [1.82, 2.24) is 25.6 Å². The summed E-state index contributed by atoms with van der Waals surface area (Å²) in [5.74, 6) is 0.892. The zero-order chi connectivity index (χ0) is 20.5. The Morgan fingerprint density at radius 2 is 2.07 bits per heavy atom. The Kier molecular flexibility index (Phi) is 7.63. The van der Waals surface area contributed by atoms with Gasteiger partial charge in [-0.05, 0) is 31.0 Å². The van der Waals surface area contributed by atoms with Crippen molar-refractivity contribution in [2.75, 3.05) is 46.3 Å². The Morgan fingerprint density at radius 1 is 1.24 bits per heavy atom. The molecule has 8 nitrogen and oxygen atoms in total. The number of benzene rings is 1. The number of amides is 1. The predicted octanol–water partition coefficient (Wildman–Crippen LogP) is 1.36. The van der Waals surface area contributed by atoms with E-state index in [0.717, 1.165) is 62.9 Å². The molecule has 0 atom stereocenters. The van der Waals surface area contributed by atoms with Crippen molar-refractivity contribution in [3.05, 3.63) is 53.4 Å². The molecular formula is C21H30N6O2. The number of hydrogen-bond acceptors (Lipinski definition) is 5. The second-order valence-corrected chi connectivity index (χ2v) is 7.02. The molecule has 2 heterocycles. The Hall–Kier alpha value is -2.87. The Balaban J connectivity index is 1.53. The van der Waals surface area contributed by atoms with Crippen LogP contribution in [0.4, 0.5) is 0 Å². The van der Waals surface area contributed by atoms with Crippen LogP contribution in [0.1, 0.15) is 28.5 Å². The van der Waals surface area contributed by atoms with Gasteiger partial charge in [0.2, 0.25) is 0 Å². The van der Waals surface area contributed by atoms with Crippen LogP contribution in [0.3, 0.4) is 0 Å². The van der Waals surface area contributed by atoms with E-state index in [1.807, 2.05) is 30.3 Å². The average molecular weight is 399 g/mol. The summed E-state index contributed by atoms with van der Waals surface area (Å²) < 4.78 is 4.92. The van der Waals surface area contributed by atoms with Crippen LogP contribution in [-0.4, -0.2) is 73.1 Å². The summed E-state index contributed by atoms with van der Waals surface area (Å²) >= 11 is 0. The van der Waals surface area contributed by atoms with Gasteiger partial charge in [0.1, 0.15) is 6.26 Å². The topological polar surface area (TPSA) is 86.0 Å². The molecule has 0 saturated carbocycles. The van der Waals surface area contributed by atoms with Crippen LogP contribution in [0.15, 0.2) is 46.1 Å². The molecule has 8 heteroatoms. The highest BCUT2D eigenvalue weighted by Gasteiger charge is 2.20. The minimum absolute atomic E-state index is 0.0628. The van der Waals surface area contributed by atoms with Crippen molar-refractivity contribution in [2.45, 2.75) is 19.9 Å². The van der Waals surface area contributed by atoms with Crippen LogP contribution in [0.2, 0.25) is 0 Å². The first kappa shape index (κ1) is 20.9. The number of aromatic nitrogens is 1. The number of hydrogen-bond donors (Lipinski definition) is 2. The summed E-state index contributed by atoms with van der Waals surface area (Å²) in [5, 5.41) is 10.1. The zero-order valence-electron chi connectivity index (χ0n) is 17.2. The molecule has 3 rings (SSSR count). The minimum atomic E-state index is -0.0628. The molecule has 0 spiro atoms. The van der Waals surface area contributed by atoms with Gasteiger partial charge in [0.15, 0.2) is 5.96 Å². The summed E-state index contributed by atoms with van der Waals surface area (Å²) in [4.78, 5) is 21.3. The molecule has 2 aromatic rings. The second kappa shape index (κ2) is 10.6. The summed E-state index contributed by atoms with van der Waals surface area (Å²) in [6.07, 6.45) is 2.41. The van der Waals surface area contributed by atoms with Crippen LogP contribution >= 0.6 is 0 Å². The van der Waals surface area contributed by atoms with Crippen LogP contribution in [0.25, 0.3) is 0 Å². The van der Waals surface area contributed by atoms with Gasteiger partial charge in [0.25, 0.3) is 5.91 Å². The summed E-state index contributed by atoms with van der Waals surface area (Å²) in [7, 11) is 1.65. The number of rotatable bonds is 7. The van der Waals surface area contributed by atoms with E-state index in [4.69, 9.17) is 9.52 Å². The number of nitrogens with zero attached hydrogens (tertiary/aromatic N) is 4. The highest BCUT2D eigenvalue weighted by Crippen LogP contribution is 2.09. The fourth-order valence-corrected chi connectivity index (χ4v) is 3.40. The van der Waals surface area contributed by atoms with E-state index in [2.05, 4.69) is 32.5 Å². The molecule has 1 fully saturated rings. The molecule has 0 aliphatic carbocycles. The van der Waals surface area contributed by atoms with Gasteiger partial charge in [-0.25, -0.2) is 0 Å². The van der Waals surface area contributed by atoms with Gasteiger partial charge >= 0.3 is 0 Å². The molecular weight excluding hydrogens is 368 g/mol. The van der Waals surface area contributed by atoms with Crippen molar-refractivity contribution in [2.24, 2.45) is 4.99 Å². The van der Waals surface area contributed by atoms with Crippen molar-refractivity contribution in [3.63, 3.8) is 0 Å². The van der Waals surface area contributed by atoms with Crippen LogP contribution in [0, 0.1) is 0 Å². The van der Waals surface area contributed by atoms with E-state index in [-0.39, 0.29) is 5.91 Å². The number of aliphatic imine (C=N–C) groups is 1. The lowest BCUT2D eigenvalue weighted by Crippen LogP contribution is -2.52. The SMILES string of the molecule is CCNC(=NCCc1cccc(C(=O)NC)c1)N1CCN(Cc2ccon2)CC1. The van der Waals surface area contributed by atoms with Crippen molar-refractivity contribution >= 4 is 11.9 Å². The fraction of sp³-hybridized carbons (Fsp3) is 0.476. The van der Waals surface area contributed by atoms with Gasteiger partial charge in [-0.15, -0.1) is 0 Å². The minimum Gasteiger partial charge on any atom is -0.364 e. The van der Waals surface area contributed by atoms with Crippen molar-refractivity contribution in [3.8, 4) is 0 Å². The lowest BCUT2D eigenvalue weighted by atomic mass is 10.1. The van der Waals surface area contributed by atoms with E-state index >= 15 is 0 Å². The first-order valence-corrected chi connectivity index (χ1v) is 10.2. The van der Waals surface area contributed by atoms with Crippen LogP contribution in [0.5, 0.6) is 0 Å². The molecule has 2 N–H and O–H groups in total. The van der Waals surface area contributed by atoms with Gasteiger partial charge in [0, 0.05) is 64.5 Å². The van der Waals surface area contributed by atoms with E-state index in [1.54, 1.807) is 13.3 Å². The third-order valence-electron chi connectivity index (χ3n) is 4.96. The monoisotopic (exact) mass is 398 g/mol. The molecule has 29 heavy (non-hydrogen) atoms. The van der Waals surface area contributed by atoms with Gasteiger partial charge in [-0.1, -0.05) is 17.3 Å². The first-order valence-electron chi connectivity index (χ1n) is 10.2. The summed E-state index contributed by atoms with van der Waals surface area (Å²) in [6.45, 7) is 8.20. The Bertz CT molecular complexity index is 797. The summed E-state index contributed by atoms with van der Waals surface area (Å²) in [6, 6.07) is 9.63. The largest absolute Gasteiger partial charge is 0.364 e. The lowest BCUT2D eigenvalue weighted by molar-refractivity contribution is 0.0963. The van der Waals surface area contributed by atoms with E-state index < -0.39 is 0 Å². The maximum absolute atomic E-state index is 11.8. The molecule has 1 aromatic carbocycles. The molecule has 1 aliphatic rings. The lowest BCUT2D eigenvalue weighted by Gasteiger charge is -2.36. The van der Waals surface area contributed by atoms with Gasteiger partial charge in [-0.2, -0.15) is 0 Å². The van der Waals surface area contributed by atoms with Gasteiger partial charge < -0.3 is 20.1 Å². The van der Waals surface area contributed by atoms with Crippen molar-refractivity contribution < 1.29 is 9.32 Å². The second-order valence-electron chi connectivity index (χ2n) is 7.02. The summed E-state index contributed by atoms with van der Waals surface area (Å²) in [5.41, 5.74) is 2.77. The molecule has 1 aromatic heterocycles. The number of piperazine rings is 1. The Labute approximate surface area is 172 Å². The highest BCUT2D eigenvalue weighted by atomic mass is 16.5. The van der Waals surface area contributed by atoms with Gasteiger partial charge in [0.05, 0.1) is 5.69 Å². The molecule has 0 radical (unpaired) electrons. The standard InChI is InChI=1S/C21H30N6O2/c1-3-23-21(24-9-7-17-5-4-6-18(15-17)20(28)22-2)27-12-10-26(11-13-27)16-19-8-14-29-25-19/h4-6,8,14-15H,3,7,9-13,16H2,1-2H3,(H,22,28)(H,23,24). The van der Waals surface area contributed by atoms with E-state index in [1.165, 1.54) is 0 Å². The van der Waals surface area contributed by atoms with Gasteiger partial charge in [-0.3, -0.25) is 14.7 Å². The third-order valence-corrected chi connectivity index (χ3v) is 4.96. The number of carbonyl (C=O) groups is 1. The smallest absolute Gasteiger partial charge is 0.251 e. The predicted molar refractivity (Wildman–Crippen MR) is 113 cm³/mol. The first-order chi connectivity index (χ1) is 14.2. The number of guanidine groups is 1. The molecule has 0 bridgehead atoms. The van der Waals surface area contributed by atoms with Crippen LogP contribution < -0.4 is 10.6 Å². The van der Waals surface area contributed by atoms with Crippen molar-refractivity contribution in [1.29, 1.82) is 0 Å². The quantitative estimate of drug-likeness (QED) is 0.541. The molecule has 1 aliphatic heterocycles. The molecule has 1 amide bonds. The van der Waals surface area contributed by atoms with E-state index in [9.17, 15) is 4.79 Å². The Morgan fingerprint density at radius 3 is 2.76 bits per heavy atom. The molecule has 0 unspecified atom stereocenters. The normalized spacial score (nSPS) is 15.4. The molecule has 1 saturated heterocycles. The number of carbonyl (C=O) groups excluding carboxylic acids is 1.